The van der Waals surface area contributed by atoms with Gasteiger partial charge in [-0.1, -0.05) is 29.4 Å². The number of nitrogens with zero attached hydrogens (tertiary/aromatic N) is 3. The fourth-order valence-electron chi connectivity index (χ4n) is 2.66. The molecule has 0 amide bonds. The summed E-state index contributed by atoms with van der Waals surface area (Å²) in [6.45, 7) is 4.10. The summed E-state index contributed by atoms with van der Waals surface area (Å²) in [6, 6.07) is 11.0. The first kappa shape index (κ1) is 19.2. The number of benzene rings is 2. The molecule has 0 saturated heterocycles. The Labute approximate surface area is 158 Å². The third kappa shape index (κ3) is 3.64. The van der Waals surface area contributed by atoms with Crippen LogP contribution in [0.5, 0.6) is 0 Å². The number of nitrogens with two attached hydrogens (primary N) is 1. The van der Waals surface area contributed by atoms with Crippen molar-refractivity contribution in [2.45, 2.75) is 25.3 Å². The molecular formula is C19H22N4O3S. The molecule has 0 aliphatic rings. The van der Waals surface area contributed by atoms with E-state index >= 15 is 0 Å². The fourth-order valence-corrected chi connectivity index (χ4v) is 3.88. The van der Waals surface area contributed by atoms with Crippen LogP contribution in [0.2, 0.25) is 0 Å². The molecule has 2 N–H and O–H groups in total. The van der Waals surface area contributed by atoms with Gasteiger partial charge in [-0.3, -0.25) is 0 Å². The third-order valence-electron chi connectivity index (χ3n) is 4.50. The molecule has 3 rings (SSSR count). The summed E-state index contributed by atoms with van der Waals surface area (Å²) >= 11 is 0. The molecule has 0 aliphatic carbocycles. The maximum atomic E-state index is 12.6. The zero-order valence-corrected chi connectivity index (χ0v) is 16.5. The molecule has 1 heterocycles. The van der Waals surface area contributed by atoms with Gasteiger partial charge in [-0.05, 0) is 42.7 Å². The maximum Gasteiger partial charge on any atom is 0.258 e. The Morgan fingerprint density at radius 3 is 2.33 bits per heavy atom. The summed E-state index contributed by atoms with van der Waals surface area (Å²) in [5, 5.41) is 4.02. The lowest BCUT2D eigenvalue weighted by Gasteiger charge is -2.15. The molecule has 27 heavy (non-hydrogen) atoms. The minimum atomic E-state index is -3.58. The van der Waals surface area contributed by atoms with Gasteiger partial charge in [-0.25, -0.2) is 12.7 Å². The van der Waals surface area contributed by atoms with E-state index in [1.807, 2.05) is 37.3 Å². The summed E-state index contributed by atoms with van der Waals surface area (Å²) in [5.74, 6) is 0.704. The normalized spacial score (nSPS) is 11.9. The zero-order chi connectivity index (χ0) is 19.8. The molecule has 7 nitrogen and oxygen atoms in total. The van der Waals surface area contributed by atoms with Crippen LogP contribution in [0, 0.1) is 13.8 Å². The second-order valence-electron chi connectivity index (χ2n) is 6.53. The van der Waals surface area contributed by atoms with Gasteiger partial charge in [0.05, 0.1) is 4.90 Å². The summed E-state index contributed by atoms with van der Waals surface area (Å²) in [5.41, 5.74) is 9.52. The second kappa shape index (κ2) is 7.22. The first-order chi connectivity index (χ1) is 12.7. The van der Waals surface area contributed by atoms with Crippen LogP contribution in [0.25, 0.3) is 22.8 Å². The van der Waals surface area contributed by atoms with Crippen molar-refractivity contribution in [1.29, 1.82) is 0 Å². The Morgan fingerprint density at radius 1 is 1.07 bits per heavy atom. The molecule has 1 aromatic heterocycles. The molecule has 0 atom stereocenters. The van der Waals surface area contributed by atoms with Crippen LogP contribution in [0.1, 0.15) is 16.7 Å². The van der Waals surface area contributed by atoms with Crippen molar-refractivity contribution in [3.63, 3.8) is 0 Å². The highest BCUT2D eigenvalue weighted by Gasteiger charge is 2.23. The van der Waals surface area contributed by atoms with Crippen LogP contribution in [-0.4, -0.2) is 37.0 Å². The van der Waals surface area contributed by atoms with Gasteiger partial charge in [0.1, 0.15) is 0 Å². The minimum Gasteiger partial charge on any atom is -0.334 e. The van der Waals surface area contributed by atoms with Crippen molar-refractivity contribution >= 4 is 10.0 Å². The number of aryl methyl sites for hydroxylation is 1. The number of sulfonamides is 1. The highest BCUT2D eigenvalue weighted by Crippen LogP contribution is 2.29. The predicted molar refractivity (Wildman–Crippen MR) is 103 cm³/mol. The van der Waals surface area contributed by atoms with Gasteiger partial charge in [-0.2, -0.15) is 4.98 Å². The first-order valence-corrected chi connectivity index (χ1v) is 9.85. The van der Waals surface area contributed by atoms with Crippen LogP contribution in [-0.2, 0) is 16.6 Å². The summed E-state index contributed by atoms with van der Waals surface area (Å²) < 4.78 is 31.8. The Bertz CT molecular complexity index is 1070. The molecule has 0 fully saturated rings. The largest absolute Gasteiger partial charge is 0.334 e. The van der Waals surface area contributed by atoms with Crippen molar-refractivity contribution < 1.29 is 12.9 Å². The van der Waals surface area contributed by atoms with Gasteiger partial charge in [0.2, 0.25) is 15.8 Å². The predicted octanol–water partition coefficient (Wildman–Crippen LogP) is 2.73. The Hall–Kier alpha value is -2.55. The maximum absolute atomic E-state index is 12.6. The second-order valence-corrected chi connectivity index (χ2v) is 8.65. The molecule has 0 spiro atoms. The van der Waals surface area contributed by atoms with Gasteiger partial charge in [0, 0.05) is 31.8 Å². The summed E-state index contributed by atoms with van der Waals surface area (Å²) in [4.78, 5) is 4.66. The van der Waals surface area contributed by atoms with E-state index in [0.29, 0.717) is 23.5 Å². The van der Waals surface area contributed by atoms with Crippen LogP contribution in [0.4, 0.5) is 0 Å². The topological polar surface area (TPSA) is 102 Å². The van der Waals surface area contributed by atoms with Crippen molar-refractivity contribution in [3.05, 3.63) is 53.1 Å². The Balaban J connectivity index is 2.05. The highest BCUT2D eigenvalue weighted by molar-refractivity contribution is 7.89. The van der Waals surface area contributed by atoms with E-state index in [4.69, 9.17) is 10.3 Å². The lowest BCUT2D eigenvalue weighted by atomic mass is 10.1. The number of aromatic nitrogens is 2. The van der Waals surface area contributed by atoms with Gasteiger partial charge in [0.25, 0.3) is 5.89 Å². The highest BCUT2D eigenvalue weighted by atomic mass is 32.2. The Morgan fingerprint density at radius 2 is 1.74 bits per heavy atom. The van der Waals surface area contributed by atoms with E-state index in [1.54, 1.807) is 13.0 Å². The quantitative estimate of drug-likeness (QED) is 0.723. The van der Waals surface area contributed by atoms with Crippen molar-refractivity contribution in [2.24, 2.45) is 5.73 Å². The molecular weight excluding hydrogens is 364 g/mol. The third-order valence-corrected chi connectivity index (χ3v) is 6.44. The fraction of sp³-hybridized carbons (Fsp3) is 0.263. The molecule has 2 aromatic carbocycles. The standard InChI is InChI=1S/C19H22N4O3S/c1-12-9-16(10-17(13(12)2)27(24,25)23(3)4)19-21-18(22-26-19)15-7-5-14(11-20)6-8-15/h5-10H,11,20H2,1-4H3. The van der Waals surface area contributed by atoms with Gasteiger partial charge in [0.15, 0.2) is 0 Å². The molecule has 3 aromatic rings. The molecule has 8 heteroatoms. The number of hydrogen-bond donors (Lipinski definition) is 1. The molecule has 0 bridgehead atoms. The van der Waals surface area contributed by atoms with Crippen molar-refractivity contribution in [3.8, 4) is 22.8 Å². The van der Waals surface area contributed by atoms with E-state index in [-0.39, 0.29) is 10.8 Å². The smallest absolute Gasteiger partial charge is 0.258 e. The molecule has 0 aliphatic heterocycles. The molecule has 0 saturated carbocycles. The number of rotatable bonds is 5. The number of hydrogen-bond acceptors (Lipinski definition) is 6. The van der Waals surface area contributed by atoms with Gasteiger partial charge in [-0.15, -0.1) is 0 Å². The molecule has 0 unspecified atom stereocenters. The summed E-state index contributed by atoms with van der Waals surface area (Å²) in [6.07, 6.45) is 0. The lowest BCUT2D eigenvalue weighted by Crippen LogP contribution is -2.23. The molecule has 0 radical (unpaired) electrons. The van der Waals surface area contributed by atoms with Crippen LogP contribution >= 0.6 is 0 Å². The van der Waals surface area contributed by atoms with Crippen LogP contribution in [0.15, 0.2) is 45.8 Å². The van der Waals surface area contributed by atoms with E-state index < -0.39 is 10.0 Å². The van der Waals surface area contributed by atoms with Crippen molar-refractivity contribution in [2.75, 3.05) is 14.1 Å². The van der Waals surface area contributed by atoms with Crippen molar-refractivity contribution in [1.82, 2.24) is 14.4 Å². The average molecular weight is 386 g/mol. The van der Waals surface area contributed by atoms with E-state index in [0.717, 1.165) is 16.7 Å². The van der Waals surface area contributed by atoms with Gasteiger partial charge < -0.3 is 10.3 Å². The van der Waals surface area contributed by atoms with Gasteiger partial charge >= 0.3 is 0 Å². The average Bonchev–Trinajstić information content (AvgIpc) is 3.13. The van der Waals surface area contributed by atoms with E-state index in [2.05, 4.69) is 10.1 Å². The minimum absolute atomic E-state index is 0.231. The SMILES string of the molecule is Cc1cc(-c2nc(-c3ccc(CN)cc3)no2)cc(S(=O)(=O)N(C)C)c1C. The molecule has 142 valence electrons. The monoisotopic (exact) mass is 386 g/mol. The lowest BCUT2D eigenvalue weighted by molar-refractivity contribution is 0.432. The van der Waals surface area contributed by atoms with E-state index in [1.165, 1.54) is 18.4 Å². The zero-order valence-electron chi connectivity index (χ0n) is 15.7. The van der Waals surface area contributed by atoms with Crippen LogP contribution in [0.3, 0.4) is 0 Å². The summed E-state index contributed by atoms with van der Waals surface area (Å²) in [7, 11) is -0.569. The van der Waals surface area contributed by atoms with E-state index in [9.17, 15) is 8.42 Å². The van der Waals surface area contributed by atoms with Crippen LogP contribution < -0.4 is 5.73 Å². The Kier molecular flexibility index (Phi) is 5.14. The first-order valence-electron chi connectivity index (χ1n) is 8.41.